The van der Waals surface area contributed by atoms with Gasteiger partial charge in [0.2, 0.25) is 0 Å². The van der Waals surface area contributed by atoms with E-state index in [0.717, 1.165) is 14.2 Å². The highest BCUT2D eigenvalue weighted by atomic mass is 31.2. The van der Waals surface area contributed by atoms with Gasteiger partial charge >= 0.3 is 15.4 Å². The Morgan fingerprint density at radius 2 is 1.27 bits per heavy atom. The lowest BCUT2D eigenvalue weighted by Crippen LogP contribution is -2.11. The van der Waals surface area contributed by atoms with Crippen LogP contribution in [0.25, 0.3) is 0 Å². The predicted octanol–water partition coefficient (Wildman–Crippen LogP) is 2.24. The molecule has 92 valence electrons. The monoisotopic (exact) mass is 262 g/mol. The van der Waals surface area contributed by atoms with Crippen LogP contribution in [0.2, 0.25) is 0 Å². The van der Waals surface area contributed by atoms with Gasteiger partial charge in [-0.3, -0.25) is 18.1 Å². The Labute approximate surface area is 89.1 Å². The van der Waals surface area contributed by atoms with Gasteiger partial charge in [-0.15, -0.1) is 0 Å². The highest BCUT2D eigenvalue weighted by Gasteiger charge is 2.38. The minimum absolute atomic E-state index is 1.06. The molecular formula is C6H16O7P2. The number of hydrogen-bond donors (Lipinski definition) is 0. The van der Waals surface area contributed by atoms with Crippen molar-refractivity contribution in [2.75, 3.05) is 28.4 Å². The Bertz CT molecular complexity index is 263. The van der Waals surface area contributed by atoms with Crippen LogP contribution in [0.3, 0.4) is 0 Å². The maximum absolute atomic E-state index is 11.8. The highest BCUT2D eigenvalue weighted by Crippen LogP contribution is 2.59. The maximum atomic E-state index is 11.8. The summed E-state index contributed by atoms with van der Waals surface area (Å²) in [5.41, 5.74) is 0. The Morgan fingerprint density at radius 1 is 0.867 bits per heavy atom. The van der Waals surface area contributed by atoms with Crippen LogP contribution in [0.4, 0.5) is 0 Å². The molecule has 0 fully saturated rings. The summed E-state index contributed by atoms with van der Waals surface area (Å²) in [5, 5.41) is 0. The summed E-state index contributed by atoms with van der Waals surface area (Å²) in [4.78, 5) is 0. The zero-order chi connectivity index (χ0) is 12.1. The van der Waals surface area contributed by atoms with Gasteiger partial charge in [-0.05, 0) is 6.92 Å². The maximum Gasteiger partial charge on any atom is 0.475 e. The second kappa shape index (κ2) is 6.11. The minimum Gasteiger partial charge on any atom is -0.310 e. The molecule has 0 N–H and O–H groups in total. The van der Waals surface area contributed by atoms with Crippen molar-refractivity contribution < 1.29 is 31.7 Å². The lowest BCUT2D eigenvalue weighted by Gasteiger charge is -2.23. The minimum atomic E-state index is -3.69. The predicted molar refractivity (Wildman–Crippen MR) is 53.8 cm³/mol. The van der Waals surface area contributed by atoms with Crippen LogP contribution < -0.4 is 0 Å². The molecule has 0 aromatic rings. The third kappa shape index (κ3) is 3.96. The molecule has 0 aliphatic heterocycles. The molecule has 0 saturated carbocycles. The number of hydrogen-bond acceptors (Lipinski definition) is 7. The zero-order valence-electron chi connectivity index (χ0n) is 9.33. The molecule has 15 heavy (non-hydrogen) atoms. The SMILES string of the molecule is COP(=O)(OC)OC(C)P(=O)(OC)OC. The van der Waals surface area contributed by atoms with Crippen LogP contribution in [0, 0.1) is 0 Å². The summed E-state index contributed by atoms with van der Waals surface area (Å²) < 4.78 is 46.5. The fourth-order valence-corrected chi connectivity index (χ4v) is 3.02. The van der Waals surface area contributed by atoms with Gasteiger partial charge in [0.15, 0.2) is 5.85 Å². The second-order valence-electron chi connectivity index (χ2n) is 2.42. The molecular weight excluding hydrogens is 246 g/mol. The largest absolute Gasteiger partial charge is 0.475 e. The molecule has 0 radical (unpaired) electrons. The van der Waals surface area contributed by atoms with E-state index in [1.165, 1.54) is 21.1 Å². The van der Waals surface area contributed by atoms with Crippen LogP contribution in [0.5, 0.6) is 0 Å². The molecule has 0 spiro atoms. The summed E-state index contributed by atoms with van der Waals surface area (Å²) in [7, 11) is -2.43. The van der Waals surface area contributed by atoms with E-state index in [2.05, 4.69) is 18.1 Å². The average Bonchev–Trinajstić information content (AvgIpc) is 2.27. The summed E-state index contributed by atoms with van der Waals surface area (Å²) in [6.45, 7) is 1.39. The molecule has 0 saturated heterocycles. The van der Waals surface area contributed by atoms with E-state index < -0.39 is 21.3 Å². The van der Waals surface area contributed by atoms with Gasteiger partial charge in [0.25, 0.3) is 0 Å². The van der Waals surface area contributed by atoms with Crippen LogP contribution in [-0.4, -0.2) is 34.3 Å². The first kappa shape index (κ1) is 15.3. The van der Waals surface area contributed by atoms with Crippen molar-refractivity contribution in [1.82, 2.24) is 0 Å². The van der Waals surface area contributed by atoms with Crippen molar-refractivity contribution in [1.29, 1.82) is 0 Å². The van der Waals surface area contributed by atoms with Crippen molar-refractivity contribution in [3.05, 3.63) is 0 Å². The first-order valence-electron chi connectivity index (χ1n) is 3.98. The second-order valence-corrected chi connectivity index (χ2v) is 6.79. The van der Waals surface area contributed by atoms with Crippen molar-refractivity contribution in [2.24, 2.45) is 0 Å². The van der Waals surface area contributed by atoms with Gasteiger partial charge in [0.05, 0.1) is 0 Å². The van der Waals surface area contributed by atoms with Crippen molar-refractivity contribution in [2.45, 2.75) is 12.8 Å². The van der Waals surface area contributed by atoms with Crippen molar-refractivity contribution in [3.8, 4) is 0 Å². The fourth-order valence-electron chi connectivity index (χ4n) is 0.777. The molecule has 0 aliphatic rings. The van der Waals surface area contributed by atoms with E-state index >= 15 is 0 Å². The summed E-state index contributed by atoms with van der Waals surface area (Å²) in [6, 6.07) is 0. The molecule has 0 rings (SSSR count). The Hall–Kier alpha value is 0.260. The Balaban J connectivity index is 4.67. The average molecular weight is 262 g/mol. The van der Waals surface area contributed by atoms with Crippen LogP contribution in [0.1, 0.15) is 6.92 Å². The van der Waals surface area contributed by atoms with Crippen LogP contribution >= 0.6 is 15.4 Å². The van der Waals surface area contributed by atoms with Gasteiger partial charge in [-0.1, -0.05) is 0 Å². The van der Waals surface area contributed by atoms with Crippen molar-refractivity contribution >= 4 is 15.4 Å². The van der Waals surface area contributed by atoms with Crippen molar-refractivity contribution in [3.63, 3.8) is 0 Å². The van der Waals surface area contributed by atoms with Gasteiger partial charge in [0, 0.05) is 28.4 Å². The molecule has 0 heterocycles. The van der Waals surface area contributed by atoms with E-state index in [1.807, 2.05) is 0 Å². The third-order valence-corrected chi connectivity index (χ3v) is 5.33. The topological polar surface area (TPSA) is 80.3 Å². The summed E-state index contributed by atoms with van der Waals surface area (Å²) >= 11 is 0. The summed E-state index contributed by atoms with van der Waals surface area (Å²) in [6.07, 6.45) is 0. The lowest BCUT2D eigenvalue weighted by atomic mass is 10.9. The normalized spacial score (nSPS) is 15.3. The molecule has 0 aromatic heterocycles. The van der Waals surface area contributed by atoms with Gasteiger partial charge in [-0.2, -0.15) is 0 Å². The van der Waals surface area contributed by atoms with E-state index in [4.69, 9.17) is 4.52 Å². The summed E-state index contributed by atoms with van der Waals surface area (Å²) in [5.74, 6) is -1.06. The fraction of sp³-hybridized carbons (Fsp3) is 1.00. The van der Waals surface area contributed by atoms with E-state index in [9.17, 15) is 9.13 Å². The molecule has 1 atom stereocenters. The first-order valence-corrected chi connectivity index (χ1v) is 7.05. The highest BCUT2D eigenvalue weighted by molar-refractivity contribution is 7.55. The molecule has 1 unspecified atom stereocenters. The van der Waals surface area contributed by atoms with Gasteiger partial charge < -0.3 is 9.05 Å². The Morgan fingerprint density at radius 3 is 1.53 bits per heavy atom. The van der Waals surface area contributed by atoms with Gasteiger partial charge in [0.1, 0.15) is 0 Å². The molecule has 0 aliphatic carbocycles. The quantitative estimate of drug-likeness (QED) is 0.650. The number of phosphoric ester groups is 1. The van der Waals surface area contributed by atoms with E-state index in [1.54, 1.807) is 0 Å². The molecule has 9 heteroatoms. The van der Waals surface area contributed by atoms with Gasteiger partial charge in [-0.25, -0.2) is 4.57 Å². The first-order chi connectivity index (χ1) is 6.87. The Kier molecular flexibility index (Phi) is 6.21. The smallest absolute Gasteiger partial charge is 0.310 e. The molecule has 0 aromatic carbocycles. The van der Waals surface area contributed by atoms with E-state index in [0.29, 0.717) is 0 Å². The standard InChI is InChI=1S/C6H16O7P2/c1-6(14(7,9-2)10-3)13-15(8,11-4)12-5/h6H,1-5H3. The number of rotatable bonds is 7. The lowest BCUT2D eigenvalue weighted by molar-refractivity contribution is 0.123. The zero-order valence-corrected chi connectivity index (χ0v) is 11.1. The van der Waals surface area contributed by atoms with E-state index in [-0.39, 0.29) is 0 Å². The molecule has 0 amide bonds. The molecule has 7 nitrogen and oxygen atoms in total. The third-order valence-electron chi connectivity index (χ3n) is 1.68. The number of phosphoric acid groups is 1. The molecule has 0 bridgehead atoms. The van der Waals surface area contributed by atoms with Crippen LogP contribution in [-0.2, 0) is 31.7 Å². The van der Waals surface area contributed by atoms with Crippen LogP contribution in [0.15, 0.2) is 0 Å².